The molecule has 0 spiro atoms. The summed E-state index contributed by atoms with van der Waals surface area (Å²) in [5.41, 5.74) is 0.0335. The maximum absolute atomic E-state index is 13.6. The molecule has 0 aliphatic carbocycles. The maximum Gasteiger partial charge on any atom is 0.339 e. The van der Waals surface area contributed by atoms with Gasteiger partial charge in [0.2, 0.25) is 0 Å². The summed E-state index contributed by atoms with van der Waals surface area (Å²) in [5.74, 6) is -0.454. The molecule has 2 aromatic rings. The number of carbonyl (C=O) groups excluding carboxylic acids is 1. The topological polar surface area (TPSA) is 75.9 Å². The Hall–Kier alpha value is -2.19. The van der Waals surface area contributed by atoms with Gasteiger partial charge < -0.3 is 14.5 Å². The van der Waals surface area contributed by atoms with Crippen molar-refractivity contribution in [3.05, 3.63) is 75.8 Å². The number of non-ortho nitro benzene ring substituents is 1. The van der Waals surface area contributed by atoms with E-state index in [1.807, 2.05) is 18.2 Å². The van der Waals surface area contributed by atoms with E-state index in [1.54, 1.807) is 0 Å². The number of esters is 1. The molecule has 1 aliphatic rings. The van der Waals surface area contributed by atoms with Crippen molar-refractivity contribution >= 4 is 36.5 Å². The van der Waals surface area contributed by atoms with Gasteiger partial charge in [-0.05, 0) is 57.6 Å². The van der Waals surface area contributed by atoms with Crippen LogP contribution in [-0.4, -0.2) is 60.0 Å². The zero-order valence-electron chi connectivity index (χ0n) is 22.5. The molecule has 9 heteroatoms. The third-order valence-electron chi connectivity index (χ3n) is 7.38. The van der Waals surface area contributed by atoms with E-state index in [2.05, 4.69) is 56.7 Å². The van der Waals surface area contributed by atoms with Crippen LogP contribution in [0.3, 0.4) is 0 Å². The Balaban J connectivity index is 0.00000342. The van der Waals surface area contributed by atoms with E-state index in [0.29, 0.717) is 12.0 Å². The molecule has 3 unspecified atom stereocenters. The van der Waals surface area contributed by atoms with Crippen molar-refractivity contribution in [2.75, 3.05) is 33.2 Å². The standard InChI is InChI=1S/C28H39N3O4.2ClH/c1-6-17-30(18-7-2)21-27(4)20-29(5)22(3)19-28(27,24-11-9-8-10-12-24)35-26(32)23-13-15-25(16-14-23)31(33)34;;/h8-16,22H,6-7,17-21H2,1-5H3;2*1H. The number of likely N-dealkylation sites (tertiary alicyclic amines) is 1. The molecule has 37 heavy (non-hydrogen) atoms. The first-order valence-corrected chi connectivity index (χ1v) is 12.6. The Morgan fingerprint density at radius 3 is 2.16 bits per heavy atom. The summed E-state index contributed by atoms with van der Waals surface area (Å²) in [6, 6.07) is 16.0. The average molecular weight is 555 g/mol. The summed E-state index contributed by atoms with van der Waals surface area (Å²) >= 11 is 0. The molecule has 1 fully saturated rings. The summed E-state index contributed by atoms with van der Waals surface area (Å²) in [7, 11) is 2.14. The van der Waals surface area contributed by atoms with Crippen LogP contribution < -0.4 is 0 Å². The highest BCUT2D eigenvalue weighted by molar-refractivity contribution is 5.90. The molecule has 0 saturated carbocycles. The number of ether oxygens (including phenoxy) is 1. The van der Waals surface area contributed by atoms with E-state index in [0.717, 1.165) is 44.6 Å². The highest BCUT2D eigenvalue weighted by atomic mass is 35.5. The first-order chi connectivity index (χ1) is 16.7. The molecule has 0 radical (unpaired) electrons. The summed E-state index contributed by atoms with van der Waals surface area (Å²) < 4.78 is 6.58. The molecule has 0 bridgehead atoms. The minimum Gasteiger partial charge on any atom is -0.450 e. The van der Waals surface area contributed by atoms with Crippen LogP contribution >= 0.6 is 24.8 Å². The first-order valence-electron chi connectivity index (χ1n) is 12.6. The van der Waals surface area contributed by atoms with Crippen LogP contribution in [0.15, 0.2) is 54.6 Å². The highest BCUT2D eigenvalue weighted by Gasteiger charge is 2.57. The fourth-order valence-corrected chi connectivity index (χ4v) is 5.56. The smallest absolute Gasteiger partial charge is 0.339 e. The summed E-state index contributed by atoms with van der Waals surface area (Å²) in [6.07, 6.45) is 2.78. The Labute approximate surface area is 233 Å². The van der Waals surface area contributed by atoms with Gasteiger partial charge in [-0.15, -0.1) is 24.8 Å². The normalized spacial score (nSPS) is 23.6. The van der Waals surface area contributed by atoms with Gasteiger partial charge in [0.25, 0.3) is 5.69 Å². The third kappa shape index (κ3) is 7.23. The van der Waals surface area contributed by atoms with Gasteiger partial charge in [-0.25, -0.2) is 4.79 Å². The number of nitro benzene ring substituents is 1. The van der Waals surface area contributed by atoms with Crippen LogP contribution in [-0.2, 0) is 10.3 Å². The quantitative estimate of drug-likeness (QED) is 0.194. The Bertz CT molecular complexity index is 1000. The van der Waals surface area contributed by atoms with Crippen molar-refractivity contribution in [1.82, 2.24) is 9.80 Å². The van der Waals surface area contributed by atoms with E-state index in [9.17, 15) is 14.9 Å². The second-order valence-electron chi connectivity index (χ2n) is 10.2. The SMILES string of the molecule is CCCN(CCC)CC1(C)CN(C)C(C)CC1(OC(=O)c1ccc([N+](=O)[O-])cc1)c1ccccc1.Cl.Cl. The third-order valence-corrected chi connectivity index (χ3v) is 7.38. The number of halogens is 2. The lowest BCUT2D eigenvalue weighted by atomic mass is 9.63. The number of carbonyl (C=O) groups is 1. The fraction of sp³-hybridized carbons (Fsp3) is 0.536. The predicted octanol–water partition coefficient (Wildman–Crippen LogP) is 6.34. The number of hydrogen-bond donors (Lipinski definition) is 0. The monoisotopic (exact) mass is 553 g/mol. The fourth-order valence-electron chi connectivity index (χ4n) is 5.56. The summed E-state index contributed by atoms with van der Waals surface area (Å²) in [5, 5.41) is 11.1. The van der Waals surface area contributed by atoms with Gasteiger partial charge in [-0.3, -0.25) is 10.1 Å². The Morgan fingerprint density at radius 1 is 1.08 bits per heavy atom. The van der Waals surface area contributed by atoms with Crippen LogP contribution in [0.1, 0.15) is 62.9 Å². The summed E-state index contributed by atoms with van der Waals surface area (Å²) in [4.78, 5) is 29.0. The lowest BCUT2D eigenvalue weighted by Gasteiger charge is -2.57. The van der Waals surface area contributed by atoms with E-state index in [1.165, 1.54) is 24.3 Å². The number of rotatable bonds is 10. The zero-order valence-corrected chi connectivity index (χ0v) is 24.1. The molecule has 1 saturated heterocycles. The maximum atomic E-state index is 13.6. The molecule has 1 heterocycles. The molecule has 0 aromatic heterocycles. The molecule has 3 rings (SSSR count). The molecule has 206 valence electrons. The molecule has 3 atom stereocenters. The first kappa shape index (κ1) is 32.8. The highest BCUT2D eigenvalue weighted by Crippen LogP contribution is 2.51. The molecule has 0 N–H and O–H groups in total. The van der Waals surface area contributed by atoms with Crippen LogP contribution in [0, 0.1) is 15.5 Å². The minimum atomic E-state index is -0.848. The number of nitrogens with zero attached hydrogens (tertiary/aromatic N) is 3. The van der Waals surface area contributed by atoms with Gasteiger partial charge in [0, 0.05) is 43.1 Å². The van der Waals surface area contributed by atoms with Crippen LogP contribution in [0.4, 0.5) is 5.69 Å². The van der Waals surface area contributed by atoms with E-state index in [4.69, 9.17) is 4.74 Å². The van der Waals surface area contributed by atoms with Crippen LogP contribution in [0.5, 0.6) is 0 Å². The van der Waals surface area contributed by atoms with Crippen molar-refractivity contribution in [2.45, 2.75) is 58.6 Å². The number of hydrogen-bond acceptors (Lipinski definition) is 6. The minimum absolute atomic E-state index is 0. The predicted molar refractivity (Wildman–Crippen MR) is 153 cm³/mol. The number of benzene rings is 2. The number of nitro groups is 1. The van der Waals surface area contributed by atoms with Gasteiger partial charge in [-0.1, -0.05) is 51.1 Å². The van der Waals surface area contributed by atoms with Crippen LogP contribution in [0.2, 0.25) is 0 Å². The van der Waals surface area contributed by atoms with E-state index < -0.39 is 16.5 Å². The molecular weight excluding hydrogens is 513 g/mol. The van der Waals surface area contributed by atoms with E-state index >= 15 is 0 Å². The van der Waals surface area contributed by atoms with Crippen molar-refractivity contribution in [2.24, 2.45) is 5.41 Å². The van der Waals surface area contributed by atoms with Crippen molar-refractivity contribution in [1.29, 1.82) is 0 Å². The Morgan fingerprint density at radius 2 is 1.65 bits per heavy atom. The van der Waals surface area contributed by atoms with Crippen molar-refractivity contribution < 1.29 is 14.5 Å². The van der Waals surface area contributed by atoms with Crippen LogP contribution in [0.25, 0.3) is 0 Å². The largest absolute Gasteiger partial charge is 0.450 e. The Kier molecular flexibility index (Phi) is 12.5. The lowest BCUT2D eigenvalue weighted by Crippen LogP contribution is -2.63. The van der Waals surface area contributed by atoms with Gasteiger partial charge in [0.05, 0.1) is 10.5 Å². The van der Waals surface area contributed by atoms with Gasteiger partial charge >= 0.3 is 5.97 Å². The second-order valence-corrected chi connectivity index (χ2v) is 10.2. The molecule has 2 aromatic carbocycles. The summed E-state index contributed by atoms with van der Waals surface area (Å²) in [6.45, 7) is 12.4. The molecule has 7 nitrogen and oxygen atoms in total. The molecule has 1 aliphatic heterocycles. The zero-order chi connectivity index (χ0) is 25.6. The van der Waals surface area contributed by atoms with Gasteiger partial charge in [-0.2, -0.15) is 0 Å². The van der Waals surface area contributed by atoms with Crippen molar-refractivity contribution in [3.63, 3.8) is 0 Å². The number of piperidine rings is 1. The second kappa shape index (κ2) is 14.1. The molecular formula is C28H41Cl2N3O4. The lowest BCUT2D eigenvalue weighted by molar-refractivity contribution is -0.384. The van der Waals surface area contributed by atoms with E-state index in [-0.39, 0.29) is 42.0 Å². The molecule has 0 amide bonds. The van der Waals surface area contributed by atoms with Gasteiger partial charge in [0.1, 0.15) is 5.60 Å². The van der Waals surface area contributed by atoms with Gasteiger partial charge in [0.15, 0.2) is 0 Å². The average Bonchev–Trinajstić information content (AvgIpc) is 2.83. The van der Waals surface area contributed by atoms with Crippen molar-refractivity contribution in [3.8, 4) is 0 Å².